The van der Waals surface area contributed by atoms with Crippen molar-refractivity contribution in [3.8, 4) is 0 Å². The van der Waals surface area contributed by atoms with Crippen LogP contribution in [0, 0.1) is 19.8 Å². The van der Waals surface area contributed by atoms with E-state index in [4.69, 9.17) is 0 Å². The van der Waals surface area contributed by atoms with E-state index in [1.165, 1.54) is 12.8 Å². The molecule has 24 heavy (non-hydrogen) atoms. The largest absolute Gasteiger partial charge is 0.338 e. The van der Waals surface area contributed by atoms with Gasteiger partial charge in [0.1, 0.15) is 11.6 Å². The number of aromatic nitrogens is 4. The summed E-state index contributed by atoms with van der Waals surface area (Å²) in [6.45, 7) is 7.56. The van der Waals surface area contributed by atoms with Gasteiger partial charge in [0.25, 0.3) is 0 Å². The molecule has 0 aliphatic heterocycles. The lowest BCUT2D eigenvalue weighted by atomic mass is 10.2. The van der Waals surface area contributed by atoms with Gasteiger partial charge in [-0.15, -0.1) is 0 Å². The molecule has 0 spiro atoms. The summed E-state index contributed by atoms with van der Waals surface area (Å²) in [5.41, 5.74) is 0.924. The van der Waals surface area contributed by atoms with Gasteiger partial charge in [0.15, 0.2) is 0 Å². The Balaban J connectivity index is 1.47. The zero-order chi connectivity index (χ0) is 17.1. The number of nitrogens with zero attached hydrogens (tertiary/aromatic N) is 4. The summed E-state index contributed by atoms with van der Waals surface area (Å²) >= 11 is 0. The van der Waals surface area contributed by atoms with Crippen molar-refractivity contribution in [2.45, 2.75) is 52.6 Å². The molecule has 0 bridgehead atoms. The monoisotopic (exact) mass is 330 g/mol. The van der Waals surface area contributed by atoms with Crippen molar-refractivity contribution in [2.24, 2.45) is 5.92 Å². The maximum atomic E-state index is 12.1. The lowest BCUT2D eigenvalue weighted by Crippen LogP contribution is -2.31. The first-order valence-corrected chi connectivity index (χ1v) is 8.63. The first-order chi connectivity index (χ1) is 11.5. The fraction of sp³-hybridized carbons (Fsp3) is 0.588. The van der Waals surface area contributed by atoms with E-state index in [0.29, 0.717) is 18.5 Å². The third-order valence-electron chi connectivity index (χ3n) is 4.57. The highest BCUT2D eigenvalue weighted by molar-refractivity contribution is 5.88. The van der Waals surface area contributed by atoms with Crippen molar-refractivity contribution in [1.82, 2.24) is 24.6 Å². The fourth-order valence-corrected chi connectivity index (χ4v) is 2.95. The van der Waals surface area contributed by atoms with Crippen LogP contribution < -0.4 is 10.6 Å². The van der Waals surface area contributed by atoms with Crippen molar-refractivity contribution < 1.29 is 4.79 Å². The predicted molar refractivity (Wildman–Crippen MR) is 93.0 cm³/mol. The Morgan fingerprint density at radius 2 is 2.21 bits per heavy atom. The zero-order valence-electron chi connectivity index (χ0n) is 14.6. The van der Waals surface area contributed by atoms with Gasteiger partial charge in [0.2, 0.25) is 0 Å². The molecule has 0 radical (unpaired) electrons. The zero-order valence-corrected chi connectivity index (χ0v) is 14.6. The molecule has 0 unspecified atom stereocenters. The summed E-state index contributed by atoms with van der Waals surface area (Å²) in [6.07, 6.45) is 7.11. The van der Waals surface area contributed by atoms with Gasteiger partial charge in [-0.3, -0.25) is 5.32 Å². The van der Waals surface area contributed by atoms with E-state index in [1.807, 2.05) is 30.8 Å². The topological polar surface area (TPSA) is 76.8 Å². The molecule has 2 amide bonds. The van der Waals surface area contributed by atoms with Gasteiger partial charge in [-0.25, -0.2) is 14.5 Å². The molecular formula is C17H26N6O. The van der Waals surface area contributed by atoms with E-state index in [1.54, 1.807) is 6.20 Å². The van der Waals surface area contributed by atoms with Crippen LogP contribution in [0.5, 0.6) is 0 Å². The van der Waals surface area contributed by atoms with Gasteiger partial charge in [0, 0.05) is 31.5 Å². The second kappa shape index (κ2) is 7.07. The first kappa shape index (κ1) is 16.5. The quantitative estimate of drug-likeness (QED) is 0.766. The van der Waals surface area contributed by atoms with Gasteiger partial charge >= 0.3 is 6.03 Å². The molecule has 1 atom stereocenters. The lowest BCUT2D eigenvalue weighted by Gasteiger charge is -2.15. The number of hydrogen-bond donors (Lipinski definition) is 2. The van der Waals surface area contributed by atoms with Crippen LogP contribution in [-0.4, -0.2) is 31.9 Å². The molecule has 2 aromatic heterocycles. The van der Waals surface area contributed by atoms with E-state index in [-0.39, 0.29) is 6.03 Å². The molecule has 0 saturated heterocycles. The second-order valence-corrected chi connectivity index (χ2v) is 6.60. The van der Waals surface area contributed by atoms with Gasteiger partial charge in [-0.05, 0) is 46.0 Å². The molecule has 1 fully saturated rings. The Morgan fingerprint density at radius 3 is 2.88 bits per heavy atom. The summed E-state index contributed by atoms with van der Waals surface area (Å²) in [4.78, 5) is 16.3. The van der Waals surface area contributed by atoms with Gasteiger partial charge in [-0.2, -0.15) is 5.10 Å². The SMILES string of the molecule is Cc1cc(NC(=O)NCCCn2ccnc2C)n([C@@H](C)C2CC2)n1. The minimum Gasteiger partial charge on any atom is -0.338 e. The van der Waals surface area contributed by atoms with E-state index in [2.05, 4.69) is 32.2 Å². The third-order valence-corrected chi connectivity index (χ3v) is 4.57. The Labute approximate surface area is 142 Å². The smallest absolute Gasteiger partial charge is 0.320 e. The molecule has 1 saturated carbocycles. The van der Waals surface area contributed by atoms with E-state index >= 15 is 0 Å². The van der Waals surface area contributed by atoms with E-state index in [9.17, 15) is 4.79 Å². The molecule has 2 N–H and O–H groups in total. The van der Waals surface area contributed by atoms with Crippen molar-refractivity contribution in [3.63, 3.8) is 0 Å². The van der Waals surface area contributed by atoms with Gasteiger partial charge < -0.3 is 9.88 Å². The fourth-order valence-electron chi connectivity index (χ4n) is 2.95. The Morgan fingerprint density at radius 1 is 1.42 bits per heavy atom. The number of hydrogen-bond acceptors (Lipinski definition) is 3. The molecule has 1 aliphatic rings. The van der Waals surface area contributed by atoms with Gasteiger partial charge in [0.05, 0.1) is 11.7 Å². The normalized spacial score (nSPS) is 15.3. The summed E-state index contributed by atoms with van der Waals surface area (Å²) in [6, 6.07) is 2.08. The van der Waals surface area contributed by atoms with Crippen molar-refractivity contribution in [3.05, 3.63) is 30.0 Å². The van der Waals surface area contributed by atoms with Gasteiger partial charge in [-0.1, -0.05) is 0 Å². The molecular weight excluding hydrogens is 304 g/mol. The number of nitrogens with one attached hydrogen (secondary N) is 2. The van der Waals surface area contributed by atoms with Crippen LogP contribution in [-0.2, 0) is 6.54 Å². The van der Waals surface area contributed by atoms with Crippen molar-refractivity contribution >= 4 is 11.8 Å². The molecule has 7 heteroatoms. The standard InChI is InChI=1S/C17H26N6O/c1-12-11-16(23(21-12)13(2)15-5-6-15)20-17(24)19-7-4-9-22-10-8-18-14(22)3/h8,10-11,13,15H,4-7,9H2,1-3H3,(H2,19,20,24)/t13-/m0/s1. The van der Waals surface area contributed by atoms with Crippen LogP contribution in [0.4, 0.5) is 10.6 Å². The Kier molecular flexibility index (Phi) is 4.87. The summed E-state index contributed by atoms with van der Waals surface area (Å²) < 4.78 is 4.02. The minimum atomic E-state index is -0.179. The van der Waals surface area contributed by atoms with Crippen LogP contribution >= 0.6 is 0 Å². The summed E-state index contributed by atoms with van der Waals surface area (Å²) in [5.74, 6) is 2.45. The predicted octanol–water partition coefficient (Wildman–Crippen LogP) is 2.88. The third kappa shape index (κ3) is 3.96. The average molecular weight is 330 g/mol. The number of anilines is 1. The molecule has 1 aliphatic carbocycles. The number of imidazole rings is 1. The number of urea groups is 1. The highest BCUT2D eigenvalue weighted by atomic mass is 16.2. The van der Waals surface area contributed by atoms with Crippen LogP contribution in [0.25, 0.3) is 0 Å². The highest BCUT2D eigenvalue weighted by Gasteiger charge is 2.31. The van der Waals surface area contributed by atoms with E-state index < -0.39 is 0 Å². The average Bonchev–Trinajstić information content (AvgIpc) is 3.22. The van der Waals surface area contributed by atoms with Crippen LogP contribution in [0.2, 0.25) is 0 Å². The Bertz CT molecular complexity index is 700. The number of amides is 2. The lowest BCUT2D eigenvalue weighted by molar-refractivity contribution is 0.251. The number of carbonyl (C=O) groups excluding carboxylic acids is 1. The number of rotatable bonds is 7. The molecule has 3 rings (SSSR count). The molecule has 0 aromatic carbocycles. The molecule has 130 valence electrons. The number of aryl methyl sites for hydroxylation is 3. The maximum absolute atomic E-state index is 12.1. The minimum absolute atomic E-state index is 0.179. The summed E-state index contributed by atoms with van der Waals surface area (Å²) in [7, 11) is 0. The highest BCUT2D eigenvalue weighted by Crippen LogP contribution is 2.40. The van der Waals surface area contributed by atoms with Crippen LogP contribution in [0.3, 0.4) is 0 Å². The Hall–Kier alpha value is -2.31. The van der Waals surface area contributed by atoms with Crippen LogP contribution in [0.1, 0.15) is 43.7 Å². The maximum Gasteiger partial charge on any atom is 0.320 e. The molecule has 2 aromatic rings. The van der Waals surface area contributed by atoms with Crippen molar-refractivity contribution in [1.29, 1.82) is 0 Å². The van der Waals surface area contributed by atoms with Crippen LogP contribution in [0.15, 0.2) is 18.5 Å². The molecule has 2 heterocycles. The van der Waals surface area contributed by atoms with E-state index in [0.717, 1.165) is 30.3 Å². The second-order valence-electron chi connectivity index (χ2n) is 6.60. The first-order valence-electron chi connectivity index (χ1n) is 8.63. The molecule has 7 nitrogen and oxygen atoms in total. The number of carbonyl (C=O) groups is 1. The summed E-state index contributed by atoms with van der Waals surface area (Å²) in [5, 5.41) is 10.4. The van der Waals surface area contributed by atoms with Crippen molar-refractivity contribution in [2.75, 3.05) is 11.9 Å².